The number of nitrogen functional groups attached to an aromatic ring is 1. The zero-order valence-corrected chi connectivity index (χ0v) is 6.36. The van der Waals surface area contributed by atoms with Gasteiger partial charge in [0, 0.05) is 6.20 Å². The lowest BCUT2D eigenvalue weighted by molar-refractivity contribution is 0.618. The first kappa shape index (κ1) is 9.84. The third-order valence-corrected chi connectivity index (χ3v) is 1.06. The molecule has 0 saturated heterocycles. The minimum atomic E-state index is -0.560. The summed E-state index contributed by atoms with van der Waals surface area (Å²) in [5, 5.41) is 6.89. The van der Waals surface area contributed by atoms with Crippen LogP contribution < -0.4 is 5.73 Å². The lowest BCUT2D eigenvalue weighted by Gasteiger charge is -1.96. The standard InChI is InChI=1S/C6H6FN3.ClH/c7-5-3-10-2-1-4(5)6(8)9;/h1-3H,(H3,8,9);1H. The van der Waals surface area contributed by atoms with Crippen LogP contribution in [0.25, 0.3) is 0 Å². The van der Waals surface area contributed by atoms with Gasteiger partial charge in [-0.15, -0.1) is 12.4 Å². The molecule has 0 bridgehead atoms. The Morgan fingerprint density at radius 2 is 2.27 bits per heavy atom. The first-order valence-electron chi connectivity index (χ1n) is 2.65. The maximum atomic E-state index is 12.6. The zero-order chi connectivity index (χ0) is 7.56. The van der Waals surface area contributed by atoms with Gasteiger partial charge in [0.15, 0.2) is 5.82 Å². The molecule has 0 fully saturated rings. The number of nitrogens with one attached hydrogen (secondary N) is 1. The summed E-state index contributed by atoms with van der Waals surface area (Å²) in [6.45, 7) is 0. The molecule has 60 valence electrons. The molecule has 1 aromatic rings. The summed E-state index contributed by atoms with van der Waals surface area (Å²) in [6, 6.07) is 1.36. The van der Waals surface area contributed by atoms with E-state index in [0.717, 1.165) is 6.20 Å². The quantitative estimate of drug-likeness (QED) is 0.493. The maximum Gasteiger partial charge on any atom is 0.152 e. The second-order valence-corrected chi connectivity index (χ2v) is 1.77. The van der Waals surface area contributed by atoms with E-state index in [1.54, 1.807) is 0 Å². The molecule has 1 aromatic heterocycles. The molecule has 0 aliphatic rings. The van der Waals surface area contributed by atoms with E-state index < -0.39 is 5.82 Å². The fourth-order valence-electron chi connectivity index (χ4n) is 0.594. The summed E-state index contributed by atoms with van der Waals surface area (Å²) in [7, 11) is 0. The minimum absolute atomic E-state index is 0. The summed E-state index contributed by atoms with van der Waals surface area (Å²) in [5.74, 6) is -0.838. The highest BCUT2D eigenvalue weighted by Crippen LogP contribution is 2.01. The molecule has 1 rings (SSSR count). The number of hydrogen-bond acceptors (Lipinski definition) is 2. The molecule has 3 N–H and O–H groups in total. The van der Waals surface area contributed by atoms with Crippen LogP contribution in [-0.4, -0.2) is 10.8 Å². The summed E-state index contributed by atoms with van der Waals surface area (Å²) < 4.78 is 12.6. The van der Waals surface area contributed by atoms with E-state index in [4.69, 9.17) is 11.1 Å². The van der Waals surface area contributed by atoms with Crippen LogP contribution in [0.3, 0.4) is 0 Å². The third-order valence-electron chi connectivity index (χ3n) is 1.06. The molecule has 0 saturated carbocycles. The molecule has 0 amide bonds. The van der Waals surface area contributed by atoms with Gasteiger partial charge in [-0.3, -0.25) is 10.4 Å². The minimum Gasteiger partial charge on any atom is -0.384 e. The summed E-state index contributed by atoms with van der Waals surface area (Å²) in [6.07, 6.45) is 2.41. The number of hydrogen-bond donors (Lipinski definition) is 2. The average molecular weight is 176 g/mol. The Bertz CT molecular complexity index is 264. The lowest BCUT2D eigenvalue weighted by Crippen LogP contribution is -2.13. The Morgan fingerprint density at radius 1 is 1.64 bits per heavy atom. The largest absolute Gasteiger partial charge is 0.384 e. The van der Waals surface area contributed by atoms with Crippen molar-refractivity contribution in [1.29, 1.82) is 5.41 Å². The number of aromatic nitrogens is 1. The molecule has 11 heavy (non-hydrogen) atoms. The van der Waals surface area contributed by atoms with E-state index >= 15 is 0 Å². The van der Waals surface area contributed by atoms with Gasteiger partial charge in [-0.25, -0.2) is 4.39 Å². The summed E-state index contributed by atoms with van der Waals surface area (Å²) >= 11 is 0. The van der Waals surface area contributed by atoms with Gasteiger partial charge in [-0.1, -0.05) is 0 Å². The maximum absolute atomic E-state index is 12.6. The predicted molar refractivity (Wildman–Crippen MR) is 42.5 cm³/mol. The second-order valence-electron chi connectivity index (χ2n) is 1.77. The second kappa shape index (κ2) is 3.88. The van der Waals surface area contributed by atoms with E-state index in [1.807, 2.05) is 0 Å². The number of nitrogens with two attached hydrogens (primary N) is 1. The van der Waals surface area contributed by atoms with E-state index in [2.05, 4.69) is 4.98 Å². The van der Waals surface area contributed by atoms with Crippen LogP contribution in [0.15, 0.2) is 18.5 Å². The van der Waals surface area contributed by atoms with Gasteiger partial charge >= 0.3 is 0 Å². The van der Waals surface area contributed by atoms with Crippen LogP contribution in [-0.2, 0) is 0 Å². The van der Waals surface area contributed by atoms with Crippen LogP contribution in [0.4, 0.5) is 4.39 Å². The van der Waals surface area contributed by atoms with Crippen molar-refractivity contribution in [2.75, 3.05) is 0 Å². The highest BCUT2D eigenvalue weighted by atomic mass is 35.5. The number of amidine groups is 1. The highest BCUT2D eigenvalue weighted by Gasteiger charge is 2.01. The highest BCUT2D eigenvalue weighted by molar-refractivity contribution is 5.94. The van der Waals surface area contributed by atoms with E-state index in [-0.39, 0.29) is 23.8 Å². The smallest absolute Gasteiger partial charge is 0.152 e. The zero-order valence-electron chi connectivity index (χ0n) is 5.54. The topological polar surface area (TPSA) is 62.8 Å². The summed E-state index contributed by atoms with van der Waals surface area (Å²) in [5.41, 5.74) is 5.12. The van der Waals surface area contributed by atoms with Crippen LogP contribution in [0.2, 0.25) is 0 Å². The van der Waals surface area contributed by atoms with Gasteiger partial charge in [-0.2, -0.15) is 0 Å². The van der Waals surface area contributed by atoms with Gasteiger partial charge in [0.1, 0.15) is 5.84 Å². The van der Waals surface area contributed by atoms with E-state index in [1.165, 1.54) is 12.3 Å². The molecule has 0 unspecified atom stereocenters. The molecule has 0 aliphatic carbocycles. The van der Waals surface area contributed by atoms with Gasteiger partial charge in [0.25, 0.3) is 0 Å². The number of rotatable bonds is 1. The molecule has 5 heteroatoms. The first-order chi connectivity index (χ1) is 4.72. The van der Waals surface area contributed by atoms with Crippen molar-refractivity contribution in [3.8, 4) is 0 Å². The summed E-state index contributed by atoms with van der Waals surface area (Å²) in [4.78, 5) is 3.50. The SMILES string of the molecule is Cl.N=C(N)c1ccncc1F. The molecule has 0 radical (unpaired) electrons. The Balaban J connectivity index is 0.000001000. The molecule has 0 aromatic carbocycles. The van der Waals surface area contributed by atoms with Crippen molar-refractivity contribution >= 4 is 18.2 Å². The van der Waals surface area contributed by atoms with Crippen LogP contribution in [0.5, 0.6) is 0 Å². The Hall–Kier alpha value is -1.16. The molecule has 1 heterocycles. The van der Waals surface area contributed by atoms with Crippen molar-refractivity contribution in [3.63, 3.8) is 0 Å². The number of nitrogens with zero attached hydrogens (tertiary/aromatic N) is 1. The first-order valence-corrected chi connectivity index (χ1v) is 2.65. The van der Waals surface area contributed by atoms with Crippen molar-refractivity contribution in [1.82, 2.24) is 4.98 Å². The van der Waals surface area contributed by atoms with Crippen LogP contribution in [0.1, 0.15) is 5.56 Å². The van der Waals surface area contributed by atoms with Crippen LogP contribution in [0, 0.1) is 11.2 Å². The number of halogens is 2. The molecular formula is C6H7ClFN3. The van der Waals surface area contributed by atoms with Crippen molar-refractivity contribution in [2.45, 2.75) is 0 Å². The third kappa shape index (κ3) is 2.16. The fraction of sp³-hybridized carbons (Fsp3) is 0. The Labute approximate surface area is 69.4 Å². The monoisotopic (exact) mass is 175 g/mol. The van der Waals surface area contributed by atoms with Crippen molar-refractivity contribution in [3.05, 3.63) is 29.8 Å². The number of pyridine rings is 1. The van der Waals surface area contributed by atoms with Gasteiger partial charge in [-0.05, 0) is 6.07 Å². The molecule has 0 spiro atoms. The van der Waals surface area contributed by atoms with Gasteiger partial charge in [0.2, 0.25) is 0 Å². The fourth-order valence-corrected chi connectivity index (χ4v) is 0.594. The average Bonchev–Trinajstić information content (AvgIpc) is 1.88. The normalized spacial score (nSPS) is 8.45. The molecule has 0 aliphatic heterocycles. The molecular weight excluding hydrogens is 169 g/mol. The van der Waals surface area contributed by atoms with E-state index in [0.29, 0.717) is 0 Å². The Kier molecular flexibility index (Phi) is 3.47. The predicted octanol–water partition coefficient (Wildman–Crippen LogP) is 0.927. The van der Waals surface area contributed by atoms with Gasteiger partial charge < -0.3 is 5.73 Å². The molecule has 0 atom stereocenters. The lowest BCUT2D eigenvalue weighted by atomic mass is 10.2. The Morgan fingerprint density at radius 3 is 2.64 bits per heavy atom. The van der Waals surface area contributed by atoms with Crippen molar-refractivity contribution in [2.24, 2.45) is 5.73 Å². The van der Waals surface area contributed by atoms with Crippen LogP contribution >= 0.6 is 12.4 Å². The van der Waals surface area contributed by atoms with E-state index in [9.17, 15) is 4.39 Å². The van der Waals surface area contributed by atoms with Crippen molar-refractivity contribution < 1.29 is 4.39 Å². The molecule has 3 nitrogen and oxygen atoms in total. The van der Waals surface area contributed by atoms with Gasteiger partial charge in [0.05, 0.1) is 11.8 Å².